The Morgan fingerprint density at radius 2 is 2.05 bits per heavy atom. The molecule has 0 saturated heterocycles. The summed E-state index contributed by atoms with van der Waals surface area (Å²) in [7, 11) is 0. The summed E-state index contributed by atoms with van der Waals surface area (Å²) in [6.45, 7) is 0. The standard InChI is InChI=1S/C15H11ClOS2/c16-12-4-1-3-11(9-12)10-19-15-7-6-13(17-15)14-5-2-8-18-14/h1-9H,10H2. The summed E-state index contributed by atoms with van der Waals surface area (Å²) >= 11 is 9.33. The molecular formula is C15H11ClOS2. The van der Waals surface area contributed by atoms with E-state index in [9.17, 15) is 0 Å². The van der Waals surface area contributed by atoms with E-state index in [0.29, 0.717) is 0 Å². The number of hydrogen-bond donors (Lipinski definition) is 0. The van der Waals surface area contributed by atoms with Gasteiger partial charge in [-0.05, 0) is 41.3 Å². The van der Waals surface area contributed by atoms with Gasteiger partial charge in [-0.2, -0.15) is 0 Å². The van der Waals surface area contributed by atoms with E-state index in [1.165, 1.54) is 5.56 Å². The number of thiophene rings is 1. The summed E-state index contributed by atoms with van der Waals surface area (Å²) in [6, 6.07) is 16.0. The van der Waals surface area contributed by atoms with E-state index < -0.39 is 0 Å². The van der Waals surface area contributed by atoms with Crippen molar-refractivity contribution in [1.82, 2.24) is 0 Å². The maximum Gasteiger partial charge on any atom is 0.161 e. The first kappa shape index (κ1) is 12.9. The van der Waals surface area contributed by atoms with E-state index in [1.807, 2.05) is 36.4 Å². The van der Waals surface area contributed by atoms with Gasteiger partial charge in [0.05, 0.1) is 4.88 Å². The molecule has 0 amide bonds. The third-order valence-electron chi connectivity index (χ3n) is 2.62. The molecule has 2 heterocycles. The zero-order valence-electron chi connectivity index (χ0n) is 10.0. The van der Waals surface area contributed by atoms with Crippen molar-refractivity contribution in [3.63, 3.8) is 0 Å². The predicted molar refractivity (Wildman–Crippen MR) is 83.0 cm³/mol. The fraction of sp³-hybridized carbons (Fsp3) is 0.0667. The van der Waals surface area contributed by atoms with Crippen LogP contribution in [0.3, 0.4) is 0 Å². The van der Waals surface area contributed by atoms with Gasteiger partial charge in [0.2, 0.25) is 0 Å². The highest BCUT2D eigenvalue weighted by molar-refractivity contribution is 7.98. The van der Waals surface area contributed by atoms with Crippen molar-refractivity contribution >= 4 is 34.7 Å². The number of thioether (sulfide) groups is 1. The molecule has 0 spiro atoms. The van der Waals surface area contributed by atoms with Gasteiger partial charge in [0.1, 0.15) is 5.76 Å². The van der Waals surface area contributed by atoms with E-state index in [4.69, 9.17) is 16.0 Å². The summed E-state index contributed by atoms with van der Waals surface area (Å²) in [4.78, 5) is 1.16. The molecule has 2 aromatic heterocycles. The monoisotopic (exact) mass is 306 g/mol. The Morgan fingerprint density at radius 3 is 2.84 bits per heavy atom. The highest BCUT2D eigenvalue weighted by atomic mass is 35.5. The van der Waals surface area contributed by atoms with E-state index in [-0.39, 0.29) is 0 Å². The summed E-state index contributed by atoms with van der Waals surface area (Å²) in [5.74, 6) is 1.79. The molecule has 3 aromatic rings. The second-order valence-electron chi connectivity index (χ2n) is 4.01. The largest absolute Gasteiger partial charge is 0.449 e. The molecule has 0 saturated carbocycles. The molecular weight excluding hydrogens is 296 g/mol. The SMILES string of the molecule is Clc1cccc(CSc2ccc(-c3cccs3)o2)c1. The van der Waals surface area contributed by atoms with Gasteiger partial charge in [-0.3, -0.25) is 0 Å². The molecule has 0 aliphatic rings. The third kappa shape index (κ3) is 3.24. The molecule has 19 heavy (non-hydrogen) atoms. The minimum atomic E-state index is 0.775. The smallest absolute Gasteiger partial charge is 0.161 e. The van der Waals surface area contributed by atoms with Gasteiger partial charge in [-0.25, -0.2) is 0 Å². The van der Waals surface area contributed by atoms with Gasteiger partial charge in [0.15, 0.2) is 5.09 Å². The fourth-order valence-corrected chi connectivity index (χ4v) is 3.43. The van der Waals surface area contributed by atoms with Crippen LogP contribution < -0.4 is 0 Å². The molecule has 96 valence electrons. The van der Waals surface area contributed by atoms with Gasteiger partial charge in [0.25, 0.3) is 0 Å². The van der Waals surface area contributed by atoms with Crippen LogP contribution in [-0.4, -0.2) is 0 Å². The van der Waals surface area contributed by atoms with E-state index in [1.54, 1.807) is 23.1 Å². The van der Waals surface area contributed by atoms with Crippen LogP contribution in [0, 0.1) is 0 Å². The summed E-state index contributed by atoms with van der Waals surface area (Å²) < 4.78 is 5.82. The first-order valence-electron chi connectivity index (χ1n) is 5.82. The molecule has 0 aliphatic carbocycles. The molecule has 1 nitrogen and oxygen atoms in total. The van der Waals surface area contributed by atoms with Crippen molar-refractivity contribution in [3.8, 4) is 10.6 Å². The average molecular weight is 307 g/mol. The lowest BCUT2D eigenvalue weighted by Gasteiger charge is -1.99. The molecule has 1 aromatic carbocycles. The fourth-order valence-electron chi connectivity index (χ4n) is 1.73. The second-order valence-corrected chi connectivity index (χ2v) is 6.38. The number of benzene rings is 1. The second kappa shape index (κ2) is 5.87. The maximum atomic E-state index is 5.97. The molecule has 0 radical (unpaired) electrons. The van der Waals surface area contributed by atoms with E-state index >= 15 is 0 Å². The van der Waals surface area contributed by atoms with Crippen molar-refractivity contribution in [3.05, 3.63) is 64.5 Å². The van der Waals surface area contributed by atoms with Crippen molar-refractivity contribution < 1.29 is 4.42 Å². The van der Waals surface area contributed by atoms with Crippen LogP contribution >= 0.6 is 34.7 Å². The predicted octanol–water partition coefficient (Wildman–Crippen LogP) is 5.95. The molecule has 0 atom stereocenters. The van der Waals surface area contributed by atoms with Gasteiger partial charge >= 0.3 is 0 Å². The van der Waals surface area contributed by atoms with Crippen LogP contribution in [0.4, 0.5) is 0 Å². The number of hydrogen-bond acceptors (Lipinski definition) is 3. The highest BCUT2D eigenvalue weighted by Gasteiger charge is 2.06. The summed E-state index contributed by atoms with van der Waals surface area (Å²) in [5.41, 5.74) is 1.20. The van der Waals surface area contributed by atoms with Crippen LogP contribution in [0.2, 0.25) is 5.02 Å². The number of halogens is 1. The van der Waals surface area contributed by atoms with Gasteiger partial charge < -0.3 is 4.42 Å². The minimum absolute atomic E-state index is 0.775. The van der Waals surface area contributed by atoms with Crippen molar-refractivity contribution in [2.24, 2.45) is 0 Å². The molecule has 0 fully saturated rings. The first-order valence-corrected chi connectivity index (χ1v) is 8.06. The van der Waals surface area contributed by atoms with Crippen molar-refractivity contribution in [1.29, 1.82) is 0 Å². The summed E-state index contributed by atoms with van der Waals surface area (Å²) in [5, 5.41) is 3.76. The van der Waals surface area contributed by atoms with Gasteiger partial charge in [-0.1, -0.05) is 41.6 Å². The van der Waals surface area contributed by atoms with Crippen LogP contribution in [0.5, 0.6) is 0 Å². The molecule has 0 aliphatic heterocycles. The van der Waals surface area contributed by atoms with Crippen LogP contribution in [-0.2, 0) is 5.75 Å². The molecule has 0 unspecified atom stereocenters. The maximum absolute atomic E-state index is 5.97. The Bertz CT molecular complexity index is 658. The molecule has 3 rings (SSSR count). The number of rotatable bonds is 4. The zero-order chi connectivity index (χ0) is 13.1. The normalized spacial score (nSPS) is 10.8. The third-order valence-corrected chi connectivity index (χ3v) is 4.72. The van der Waals surface area contributed by atoms with E-state index in [2.05, 4.69) is 17.5 Å². The highest BCUT2D eigenvalue weighted by Crippen LogP contribution is 2.32. The Morgan fingerprint density at radius 1 is 1.11 bits per heavy atom. The average Bonchev–Trinajstić information content (AvgIpc) is 3.07. The Kier molecular flexibility index (Phi) is 3.97. The first-order chi connectivity index (χ1) is 9.31. The topological polar surface area (TPSA) is 13.1 Å². The lowest BCUT2D eigenvalue weighted by atomic mass is 10.2. The quantitative estimate of drug-likeness (QED) is 0.552. The summed E-state index contributed by atoms with van der Waals surface area (Å²) in [6.07, 6.45) is 0. The van der Waals surface area contributed by atoms with Gasteiger partial charge in [-0.15, -0.1) is 11.3 Å². The van der Waals surface area contributed by atoms with Crippen LogP contribution in [0.1, 0.15) is 5.56 Å². The van der Waals surface area contributed by atoms with Crippen LogP contribution in [0.25, 0.3) is 10.6 Å². The Labute approximate surface area is 125 Å². The zero-order valence-corrected chi connectivity index (χ0v) is 12.4. The lowest BCUT2D eigenvalue weighted by Crippen LogP contribution is -1.78. The van der Waals surface area contributed by atoms with Gasteiger partial charge in [0, 0.05) is 10.8 Å². The van der Waals surface area contributed by atoms with Crippen molar-refractivity contribution in [2.75, 3.05) is 0 Å². The Balaban J connectivity index is 1.68. The Hall–Kier alpha value is -1.16. The molecule has 0 bridgehead atoms. The van der Waals surface area contributed by atoms with Crippen LogP contribution in [0.15, 0.2) is 63.4 Å². The number of furan rings is 1. The van der Waals surface area contributed by atoms with E-state index in [0.717, 1.165) is 26.5 Å². The molecule has 4 heteroatoms. The van der Waals surface area contributed by atoms with Crippen molar-refractivity contribution in [2.45, 2.75) is 10.8 Å². The minimum Gasteiger partial charge on any atom is -0.449 e. The lowest BCUT2D eigenvalue weighted by molar-refractivity contribution is 0.489. The molecule has 0 N–H and O–H groups in total.